The summed E-state index contributed by atoms with van der Waals surface area (Å²) in [6.07, 6.45) is 3.68. The number of aryl methyl sites for hydroxylation is 1. The molecule has 0 saturated carbocycles. The van der Waals surface area contributed by atoms with E-state index in [4.69, 9.17) is 4.99 Å². The molecule has 3 rings (SSSR count). The van der Waals surface area contributed by atoms with Crippen molar-refractivity contribution in [1.82, 2.24) is 25.4 Å². The topological polar surface area (TPSA) is 67.1 Å². The van der Waals surface area contributed by atoms with Crippen molar-refractivity contribution >= 4 is 28.6 Å². The van der Waals surface area contributed by atoms with Gasteiger partial charge in [0, 0.05) is 29.3 Å². The Morgan fingerprint density at radius 1 is 1.22 bits per heavy atom. The molecule has 3 aromatic rings. The van der Waals surface area contributed by atoms with E-state index in [2.05, 4.69) is 74.3 Å². The normalized spacial score (nSPS) is 12.9. The highest BCUT2D eigenvalue weighted by atomic mass is 32.1. The Balaban J connectivity index is 1.64. The number of guanidine groups is 1. The fourth-order valence-electron chi connectivity index (χ4n) is 2.78. The van der Waals surface area contributed by atoms with Crippen LogP contribution in [0.3, 0.4) is 0 Å². The van der Waals surface area contributed by atoms with E-state index in [0.29, 0.717) is 6.54 Å². The van der Waals surface area contributed by atoms with Gasteiger partial charge in [-0.15, -0.1) is 32.9 Å². The zero-order chi connectivity index (χ0) is 18.9. The van der Waals surface area contributed by atoms with Crippen molar-refractivity contribution in [1.29, 1.82) is 0 Å². The lowest BCUT2D eigenvalue weighted by Crippen LogP contribution is -2.40. The number of hydrogen-bond acceptors (Lipinski definition) is 5. The first-order valence-electron chi connectivity index (χ1n) is 9.27. The molecule has 6 nitrogen and oxygen atoms in total. The molecule has 3 heterocycles. The lowest BCUT2D eigenvalue weighted by Gasteiger charge is -2.20. The van der Waals surface area contributed by atoms with Gasteiger partial charge in [0.1, 0.15) is 12.2 Å². The maximum Gasteiger partial charge on any atom is 0.192 e. The van der Waals surface area contributed by atoms with Crippen LogP contribution >= 0.6 is 22.7 Å². The first-order valence-corrected chi connectivity index (χ1v) is 11.0. The summed E-state index contributed by atoms with van der Waals surface area (Å²) in [5.74, 6) is 1.85. The highest BCUT2D eigenvalue weighted by molar-refractivity contribution is 7.10. The summed E-state index contributed by atoms with van der Waals surface area (Å²) >= 11 is 3.51. The number of thiophene rings is 2. The molecule has 0 aliphatic heterocycles. The van der Waals surface area contributed by atoms with Crippen LogP contribution in [-0.2, 0) is 19.5 Å². The summed E-state index contributed by atoms with van der Waals surface area (Å²) in [6.45, 7) is 6.55. The number of aliphatic imine (C=N–C) groups is 1. The Labute approximate surface area is 168 Å². The molecule has 0 radical (unpaired) electrons. The standard InChI is InChI=1S/C19H26N6S2/c1-3-16(17-8-6-12-27-17)23-19(21-13-15-7-5-11-26-15)20-9-10-25-14-22-24-18(25)4-2/h5-8,11-12,14,16H,3-4,9-10,13H2,1-2H3,(H2,20,21,23). The van der Waals surface area contributed by atoms with Crippen molar-refractivity contribution in [3.8, 4) is 0 Å². The van der Waals surface area contributed by atoms with Crippen LogP contribution in [0.4, 0.5) is 0 Å². The SMILES string of the molecule is CCc1nncn1CCNC(=NCc1cccs1)NC(CC)c1cccs1. The van der Waals surface area contributed by atoms with Gasteiger partial charge in [-0.25, -0.2) is 4.99 Å². The summed E-state index contributed by atoms with van der Waals surface area (Å²) in [7, 11) is 0. The Morgan fingerprint density at radius 2 is 2.07 bits per heavy atom. The van der Waals surface area contributed by atoms with Crippen LogP contribution in [0.15, 0.2) is 46.3 Å². The number of aromatic nitrogens is 3. The van der Waals surface area contributed by atoms with Gasteiger partial charge in [0.05, 0.1) is 12.6 Å². The minimum atomic E-state index is 0.265. The van der Waals surface area contributed by atoms with Crippen LogP contribution in [0, 0.1) is 0 Å². The predicted octanol–water partition coefficient (Wildman–Crippen LogP) is 3.85. The summed E-state index contributed by atoms with van der Waals surface area (Å²) in [5.41, 5.74) is 0. The monoisotopic (exact) mass is 402 g/mol. The van der Waals surface area contributed by atoms with E-state index in [1.807, 2.05) is 0 Å². The zero-order valence-electron chi connectivity index (χ0n) is 15.8. The quantitative estimate of drug-likeness (QED) is 0.421. The zero-order valence-corrected chi connectivity index (χ0v) is 17.4. The van der Waals surface area contributed by atoms with Crippen LogP contribution in [-0.4, -0.2) is 27.3 Å². The Bertz CT molecular complexity index is 807. The molecule has 0 aliphatic carbocycles. The van der Waals surface area contributed by atoms with Gasteiger partial charge < -0.3 is 15.2 Å². The van der Waals surface area contributed by atoms with Crippen LogP contribution < -0.4 is 10.6 Å². The number of rotatable bonds is 9. The molecule has 2 N–H and O–H groups in total. The highest BCUT2D eigenvalue weighted by Gasteiger charge is 2.12. The molecule has 0 bridgehead atoms. The molecular formula is C19H26N6S2. The summed E-state index contributed by atoms with van der Waals surface area (Å²) < 4.78 is 2.08. The van der Waals surface area contributed by atoms with Crippen LogP contribution in [0.25, 0.3) is 0 Å². The maximum absolute atomic E-state index is 4.79. The highest BCUT2D eigenvalue weighted by Crippen LogP contribution is 2.21. The first-order chi connectivity index (χ1) is 13.3. The van der Waals surface area contributed by atoms with E-state index in [0.717, 1.165) is 37.7 Å². The van der Waals surface area contributed by atoms with Crippen LogP contribution in [0.5, 0.6) is 0 Å². The minimum absolute atomic E-state index is 0.265. The van der Waals surface area contributed by atoms with Gasteiger partial charge in [-0.3, -0.25) is 0 Å². The van der Waals surface area contributed by atoms with Gasteiger partial charge in [-0.2, -0.15) is 0 Å². The minimum Gasteiger partial charge on any atom is -0.355 e. The van der Waals surface area contributed by atoms with Crippen LogP contribution in [0.1, 0.15) is 41.9 Å². The average Bonchev–Trinajstić information content (AvgIpc) is 3.45. The molecule has 0 fully saturated rings. The fraction of sp³-hybridized carbons (Fsp3) is 0.421. The van der Waals surface area contributed by atoms with Gasteiger partial charge in [-0.05, 0) is 29.3 Å². The molecule has 0 aliphatic rings. The summed E-state index contributed by atoms with van der Waals surface area (Å²) in [4.78, 5) is 7.38. The maximum atomic E-state index is 4.79. The summed E-state index contributed by atoms with van der Waals surface area (Å²) in [5, 5.41) is 19.4. The number of hydrogen-bond donors (Lipinski definition) is 2. The number of nitrogens with zero attached hydrogens (tertiary/aromatic N) is 4. The van der Waals surface area contributed by atoms with Crippen molar-refractivity contribution in [3.05, 3.63) is 56.9 Å². The van der Waals surface area contributed by atoms with E-state index >= 15 is 0 Å². The van der Waals surface area contributed by atoms with Gasteiger partial charge in [0.25, 0.3) is 0 Å². The third kappa shape index (κ3) is 5.64. The Kier molecular flexibility index (Phi) is 7.41. The molecule has 1 unspecified atom stereocenters. The molecule has 8 heteroatoms. The smallest absolute Gasteiger partial charge is 0.192 e. The molecule has 0 saturated heterocycles. The van der Waals surface area contributed by atoms with Gasteiger partial charge in [0.15, 0.2) is 5.96 Å². The predicted molar refractivity (Wildman–Crippen MR) is 113 cm³/mol. The molecule has 0 spiro atoms. The van der Waals surface area contributed by atoms with Crippen molar-refractivity contribution in [3.63, 3.8) is 0 Å². The molecule has 3 aromatic heterocycles. The van der Waals surface area contributed by atoms with Crippen molar-refractivity contribution in [2.45, 2.75) is 45.8 Å². The second kappa shape index (κ2) is 10.2. The van der Waals surface area contributed by atoms with E-state index in [1.54, 1.807) is 29.0 Å². The van der Waals surface area contributed by atoms with Crippen LogP contribution in [0.2, 0.25) is 0 Å². The van der Waals surface area contributed by atoms with E-state index < -0.39 is 0 Å². The third-order valence-electron chi connectivity index (χ3n) is 4.24. The van der Waals surface area contributed by atoms with Crippen molar-refractivity contribution in [2.24, 2.45) is 4.99 Å². The van der Waals surface area contributed by atoms with Crippen molar-refractivity contribution in [2.75, 3.05) is 6.54 Å². The van der Waals surface area contributed by atoms with Gasteiger partial charge >= 0.3 is 0 Å². The lowest BCUT2D eigenvalue weighted by molar-refractivity contribution is 0.595. The second-order valence-corrected chi connectivity index (χ2v) is 8.10. The molecule has 0 aromatic carbocycles. The summed E-state index contributed by atoms with van der Waals surface area (Å²) in [6, 6.07) is 8.72. The van der Waals surface area contributed by atoms with Gasteiger partial charge in [0.2, 0.25) is 0 Å². The molecule has 1 atom stereocenters. The second-order valence-electron chi connectivity index (χ2n) is 6.09. The molecular weight excluding hydrogens is 376 g/mol. The largest absolute Gasteiger partial charge is 0.355 e. The molecule has 0 amide bonds. The lowest BCUT2D eigenvalue weighted by atomic mass is 10.2. The Hall–Kier alpha value is -2.19. The molecule has 27 heavy (non-hydrogen) atoms. The molecule has 144 valence electrons. The van der Waals surface area contributed by atoms with E-state index in [-0.39, 0.29) is 6.04 Å². The first kappa shape index (κ1) is 19.6. The Morgan fingerprint density at radius 3 is 2.78 bits per heavy atom. The average molecular weight is 403 g/mol. The fourth-order valence-corrected chi connectivity index (χ4v) is 4.26. The van der Waals surface area contributed by atoms with Gasteiger partial charge in [-0.1, -0.05) is 26.0 Å². The van der Waals surface area contributed by atoms with E-state index in [9.17, 15) is 0 Å². The number of nitrogens with one attached hydrogen (secondary N) is 2. The van der Waals surface area contributed by atoms with Crippen molar-refractivity contribution < 1.29 is 0 Å². The third-order valence-corrected chi connectivity index (χ3v) is 6.08. The van der Waals surface area contributed by atoms with E-state index in [1.165, 1.54) is 9.75 Å².